The molecule has 1 atom stereocenters. The average Bonchev–Trinajstić information content (AvgIpc) is 3.69. The van der Waals surface area contributed by atoms with Crippen LogP contribution in [-0.2, 0) is 16.1 Å². The normalized spacial score (nSPS) is 14.3. The highest BCUT2D eigenvalue weighted by atomic mass is 32.2. The minimum atomic E-state index is -0.624. The van der Waals surface area contributed by atoms with Gasteiger partial charge in [0.05, 0.1) is 12.7 Å². The summed E-state index contributed by atoms with van der Waals surface area (Å²) in [6.07, 6.45) is 0. The maximum absolute atomic E-state index is 13.2. The van der Waals surface area contributed by atoms with Crippen LogP contribution in [-0.4, -0.2) is 49.2 Å². The number of carbonyl (C=O) groups is 1. The van der Waals surface area contributed by atoms with Crippen molar-refractivity contribution in [1.29, 1.82) is 0 Å². The predicted octanol–water partition coefficient (Wildman–Crippen LogP) is 5.31. The van der Waals surface area contributed by atoms with Gasteiger partial charge in [-0.25, -0.2) is 4.79 Å². The van der Waals surface area contributed by atoms with Crippen molar-refractivity contribution < 1.29 is 14.3 Å². The average molecular weight is 584 g/mol. The lowest BCUT2D eigenvalue weighted by molar-refractivity contribution is -0.136. The fraction of sp³-hybridized carbons (Fsp3) is 0.172. The molecule has 6 rings (SSSR count). The van der Waals surface area contributed by atoms with Crippen LogP contribution < -0.4 is 10.1 Å². The van der Waals surface area contributed by atoms with Crippen LogP contribution in [0.25, 0.3) is 10.6 Å². The van der Waals surface area contributed by atoms with E-state index in [0.29, 0.717) is 35.3 Å². The van der Waals surface area contributed by atoms with Crippen LogP contribution >= 0.6 is 23.1 Å². The third-order valence-corrected chi connectivity index (χ3v) is 8.60. The summed E-state index contributed by atoms with van der Waals surface area (Å²) < 4.78 is 13.7. The van der Waals surface area contributed by atoms with Gasteiger partial charge in [-0.05, 0) is 40.6 Å². The van der Waals surface area contributed by atoms with E-state index in [4.69, 9.17) is 9.47 Å². The summed E-state index contributed by atoms with van der Waals surface area (Å²) in [6, 6.07) is 25.1. The topological polar surface area (TPSA) is 117 Å². The van der Waals surface area contributed by atoms with Gasteiger partial charge in [0, 0.05) is 17.0 Å². The maximum Gasteiger partial charge on any atom is 0.338 e. The van der Waals surface area contributed by atoms with E-state index in [1.165, 1.54) is 35.8 Å². The lowest BCUT2D eigenvalue weighted by Crippen LogP contribution is -2.31. The molecule has 1 N–H and O–H groups in total. The van der Waals surface area contributed by atoms with Gasteiger partial charge < -0.3 is 14.8 Å². The van der Waals surface area contributed by atoms with Crippen LogP contribution in [0.5, 0.6) is 5.75 Å². The fourth-order valence-corrected chi connectivity index (χ4v) is 6.26. The van der Waals surface area contributed by atoms with Crippen molar-refractivity contribution in [2.75, 3.05) is 18.2 Å². The van der Waals surface area contributed by atoms with Crippen LogP contribution in [0.1, 0.15) is 22.7 Å². The number of aryl methyl sites for hydroxylation is 1. The molecule has 0 aliphatic carbocycles. The van der Waals surface area contributed by atoms with Crippen molar-refractivity contribution in [2.24, 2.45) is 0 Å². The Balaban J connectivity index is 1.29. The van der Waals surface area contributed by atoms with Crippen molar-refractivity contribution in [3.63, 3.8) is 0 Å². The molecule has 1 unspecified atom stereocenters. The van der Waals surface area contributed by atoms with Crippen LogP contribution in [0.2, 0.25) is 0 Å². The Labute approximate surface area is 244 Å². The van der Waals surface area contributed by atoms with E-state index in [-0.39, 0.29) is 0 Å². The number of tetrazole rings is 1. The number of nitrogens with one attached hydrogen (secondary N) is 1. The van der Waals surface area contributed by atoms with E-state index in [1.807, 2.05) is 66.7 Å². The standard InChI is InChI=1S/C29H25N7O3S2/c1-18-11-13-19(14-12-18)16-39-22-10-6-9-21(15-22)25-24(27(37)38-2)23(30-28-32-34-35-36(25)28)17-40-29-33-31-26(41-29)20-7-4-3-5-8-20/h3-15,25H,16-17H2,1-2H3,(H,30,32,35). The van der Waals surface area contributed by atoms with Crippen LogP contribution in [0, 0.1) is 6.92 Å². The smallest absolute Gasteiger partial charge is 0.338 e. The number of thioether (sulfide) groups is 1. The molecule has 3 heterocycles. The van der Waals surface area contributed by atoms with E-state index < -0.39 is 12.0 Å². The molecule has 0 bridgehead atoms. The number of hydrogen-bond acceptors (Lipinski definition) is 11. The highest BCUT2D eigenvalue weighted by Gasteiger charge is 2.36. The van der Waals surface area contributed by atoms with Crippen molar-refractivity contribution >= 4 is 35.0 Å². The van der Waals surface area contributed by atoms with Crippen molar-refractivity contribution in [3.05, 3.63) is 107 Å². The minimum absolute atomic E-state index is 0.404. The Hall–Kier alpha value is -4.55. The molecule has 0 saturated heterocycles. The number of rotatable bonds is 9. The second-order valence-corrected chi connectivity index (χ2v) is 11.4. The Morgan fingerprint density at radius 3 is 2.66 bits per heavy atom. The summed E-state index contributed by atoms with van der Waals surface area (Å²) in [4.78, 5) is 13.2. The highest BCUT2D eigenvalue weighted by molar-refractivity contribution is 8.01. The summed E-state index contributed by atoms with van der Waals surface area (Å²) in [5, 5.41) is 24.9. The first-order valence-electron chi connectivity index (χ1n) is 12.8. The first-order chi connectivity index (χ1) is 20.1. The van der Waals surface area contributed by atoms with E-state index in [1.54, 1.807) is 4.68 Å². The van der Waals surface area contributed by atoms with Gasteiger partial charge in [0.25, 0.3) is 0 Å². The van der Waals surface area contributed by atoms with E-state index in [0.717, 1.165) is 26.0 Å². The maximum atomic E-state index is 13.2. The van der Waals surface area contributed by atoms with Gasteiger partial charge in [0.1, 0.15) is 23.4 Å². The number of ether oxygens (including phenoxy) is 2. The van der Waals surface area contributed by atoms with Gasteiger partial charge in [-0.3, -0.25) is 0 Å². The third kappa shape index (κ3) is 5.83. The molecule has 0 fully saturated rings. The zero-order valence-corrected chi connectivity index (χ0v) is 23.9. The molecule has 41 heavy (non-hydrogen) atoms. The van der Waals surface area contributed by atoms with Crippen molar-refractivity contribution in [3.8, 4) is 16.3 Å². The Morgan fingerprint density at radius 2 is 1.85 bits per heavy atom. The van der Waals surface area contributed by atoms with Gasteiger partial charge >= 0.3 is 5.97 Å². The number of fused-ring (bicyclic) bond motifs is 1. The molecular formula is C29H25N7O3S2. The number of esters is 1. The molecule has 1 aliphatic rings. The second kappa shape index (κ2) is 11.9. The molecule has 12 heteroatoms. The predicted molar refractivity (Wildman–Crippen MR) is 157 cm³/mol. The highest BCUT2D eigenvalue weighted by Crippen LogP contribution is 2.38. The Kier molecular flexibility index (Phi) is 7.74. The van der Waals surface area contributed by atoms with Gasteiger partial charge in [-0.15, -0.1) is 10.2 Å². The number of hydrogen-bond donors (Lipinski definition) is 1. The number of carbonyl (C=O) groups excluding carboxylic acids is 1. The lowest BCUT2D eigenvalue weighted by atomic mass is 9.95. The van der Waals surface area contributed by atoms with E-state index in [2.05, 4.69) is 50.1 Å². The first-order valence-corrected chi connectivity index (χ1v) is 14.6. The number of nitrogens with zero attached hydrogens (tertiary/aromatic N) is 6. The number of aromatic nitrogens is 6. The minimum Gasteiger partial charge on any atom is -0.489 e. The van der Waals surface area contributed by atoms with E-state index >= 15 is 0 Å². The van der Waals surface area contributed by atoms with E-state index in [9.17, 15) is 4.79 Å². The third-order valence-electron chi connectivity index (χ3n) is 6.47. The molecule has 2 aromatic heterocycles. The molecule has 0 radical (unpaired) electrons. The Morgan fingerprint density at radius 1 is 1.02 bits per heavy atom. The molecule has 1 aliphatic heterocycles. The summed E-state index contributed by atoms with van der Waals surface area (Å²) >= 11 is 2.97. The zero-order chi connectivity index (χ0) is 28.2. The summed E-state index contributed by atoms with van der Waals surface area (Å²) in [7, 11) is 1.37. The molecule has 10 nitrogen and oxygen atoms in total. The van der Waals surface area contributed by atoms with Crippen molar-refractivity contribution in [1.82, 2.24) is 30.4 Å². The first kappa shape index (κ1) is 26.7. The summed E-state index contributed by atoms with van der Waals surface area (Å²) in [5.74, 6) is 1.01. The van der Waals surface area contributed by atoms with Crippen molar-refractivity contribution in [2.45, 2.75) is 23.9 Å². The van der Waals surface area contributed by atoms with Crippen LogP contribution in [0.4, 0.5) is 5.95 Å². The molecule has 206 valence electrons. The van der Waals surface area contributed by atoms with Crippen LogP contribution in [0.3, 0.4) is 0 Å². The molecule has 0 spiro atoms. The van der Waals surface area contributed by atoms with Gasteiger partial charge in [0.15, 0.2) is 4.34 Å². The van der Waals surface area contributed by atoms with Gasteiger partial charge in [0.2, 0.25) is 5.95 Å². The monoisotopic (exact) mass is 583 g/mol. The Bertz CT molecular complexity index is 1700. The van der Waals surface area contributed by atoms with Crippen LogP contribution in [0.15, 0.2) is 94.5 Å². The SMILES string of the molecule is COC(=O)C1=C(CSc2nnc(-c3ccccc3)s2)Nc2nnnn2C1c1cccc(OCc2ccc(C)cc2)c1. The lowest BCUT2D eigenvalue weighted by Gasteiger charge is -2.28. The zero-order valence-electron chi connectivity index (χ0n) is 22.2. The number of methoxy groups -OCH3 is 1. The number of benzene rings is 3. The molecule has 3 aromatic carbocycles. The van der Waals surface area contributed by atoms with Gasteiger partial charge in [-0.1, -0.05) is 100 Å². The van der Waals surface area contributed by atoms with Gasteiger partial charge in [-0.2, -0.15) is 4.68 Å². The summed E-state index contributed by atoms with van der Waals surface area (Å²) in [5.41, 5.74) is 5.09. The molecule has 0 saturated carbocycles. The number of anilines is 1. The summed E-state index contributed by atoms with van der Waals surface area (Å²) in [6.45, 7) is 2.47. The quantitative estimate of drug-likeness (QED) is 0.181. The fourth-order valence-electron chi connectivity index (χ4n) is 4.43. The molecule has 5 aromatic rings. The largest absolute Gasteiger partial charge is 0.489 e. The molecule has 0 amide bonds. The molecular weight excluding hydrogens is 558 g/mol. The second-order valence-electron chi connectivity index (χ2n) is 9.23.